The number of nitrogens with zero attached hydrogens (tertiary/aromatic N) is 1. The molecule has 1 saturated carbocycles. The van der Waals surface area contributed by atoms with Gasteiger partial charge in [0, 0.05) is 25.3 Å². The smallest absolute Gasteiger partial charge is 0.253 e. The summed E-state index contributed by atoms with van der Waals surface area (Å²) >= 11 is 0. The van der Waals surface area contributed by atoms with E-state index in [1.54, 1.807) is 19.0 Å². The molecule has 0 radical (unpaired) electrons. The van der Waals surface area contributed by atoms with Crippen LogP contribution in [0.5, 0.6) is 11.5 Å². The Morgan fingerprint density at radius 3 is 2.45 bits per heavy atom. The highest BCUT2D eigenvalue weighted by Gasteiger charge is 2.51. The summed E-state index contributed by atoms with van der Waals surface area (Å²) in [5.74, 6) is 1.38. The fraction of sp³-hybridized carbons (Fsp3) is 0.259. The molecule has 33 heavy (non-hydrogen) atoms. The minimum atomic E-state index is -0.519. The number of carbonyl (C=O) groups is 2. The second-order valence-electron chi connectivity index (χ2n) is 8.91. The minimum absolute atomic E-state index is 0.00732. The first-order valence-corrected chi connectivity index (χ1v) is 11.0. The molecule has 0 atom stereocenters. The fourth-order valence-electron chi connectivity index (χ4n) is 4.36. The van der Waals surface area contributed by atoms with Crippen molar-refractivity contribution < 1.29 is 19.1 Å². The van der Waals surface area contributed by atoms with Crippen molar-refractivity contribution in [2.45, 2.75) is 25.2 Å². The molecule has 1 fully saturated rings. The molecule has 1 N–H and O–H groups in total. The van der Waals surface area contributed by atoms with Gasteiger partial charge in [0.15, 0.2) is 11.5 Å². The van der Waals surface area contributed by atoms with E-state index in [9.17, 15) is 9.59 Å². The zero-order valence-electron chi connectivity index (χ0n) is 19.0. The quantitative estimate of drug-likeness (QED) is 0.619. The molecular weight excluding hydrogens is 416 g/mol. The van der Waals surface area contributed by atoms with Crippen molar-refractivity contribution >= 4 is 17.5 Å². The van der Waals surface area contributed by atoms with Crippen molar-refractivity contribution in [3.8, 4) is 22.6 Å². The maximum Gasteiger partial charge on any atom is 0.253 e. The SMILES string of the molecule is Cc1cc(NC(=O)C2(c3ccc4c(c3)OCO4)CC2)ccc1-c1cccc(C(=O)N(C)C)c1. The number of ether oxygens (including phenoxy) is 2. The molecule has 1 aliphatic carbocycles. The normalized spacial score (nSPS) is 15.1. The van der Waals surface area contributed by atoms with Crippen LogP contribution in [-0.2, 0) is 10.2 Å². The number of benzene rings is 3. The molecule has 2 amide bonds. The zero-order chi connectivity index (χ0) is 23.2. The van der Waals surface area contributed by atoms with Gasteiger partial charge in [0.2, 0.25) is 12.7 Å². The highest BCUT2D eigenvalue weighted by molar-refractivity contribution is 6.02. The van der Waals surface area contributed by atoms with Crippen LogP contribution in [0.1, 0.15) is 34.3 Å². The molecule has 0 saturated heterocycles. The average Bonchev–Trinajstić information content (AvgIpc) is 3.49. The number of hydrogen-bond acceptors (Lipinski definition) is 4. The summed E-state index contributed by atoms with van der Waals surface area (Å²) in [4.78, 5) is 27.1. The topological polar surface area (TPSA) is 67.9 Å². The maximum absolute atomic E-state index is 13.2. The van der Waals surface area contributed by atoms with Gasteiger partial charge in [0.1, 0.15) is 0 Å². The number of hydrogen-bond donors (Lipinski definition) is 1. The van der Waals surface area contributed by atoms with Crippen LogP contribution in [0, 0.1) is 6.92 Å². The molecule has 0 unspecified atom stereocenters. The van der Waals surface area contributed by atoms with Gasteiger partial charge in [-0.25, -0.2) is 0 Å². The first kappa shape index (κ1) is 21.1. The number of rotatable bonds is 5. The number of carbonyl (C=O) groups excluding carboxylic acids is 2. The Bertz CT molecular complexity index is 1260. The fourth-order valence-corrected chi connectivity index (χ4v) is 4.36. The summed E-state index contributed by atoms with van der Waals surface area (Å²) < 4.78 is 10.9. The first-order chi connectivity index (χ1) is 15.9. The Morgan fingerprint density at radius 2 is 1.73 bits per heavy atom. The van der Waals surface area contributed by atoms with Gasteiger partial charge in [0.25, 0.3) is 5.91 Å². The standard InChI is InChI=1S/C27H26N2O4/c1-17-13-21(8-9-22(17)18-5-4-6-19(14-18)25(30)29(2)3)28-26(31)27(11-12-27)20-7-10-23-24(15-20)33-16-32-23/h4-10,13-15H,11-12,16H2,1-3H3,(H,28,31). The molecule has 1 heterocycles. The van der Waals surface area contributed by atoms with Crippen molar-refractivity contribution in [3.05, 3.63) is 77.4 Å². The van der Waals surface area contributed by atoms with Crippen LogP contribution in [0.3, 0.4) is 0 Å². The van der Waals surface area contributed by atoms with E-state index in [0.29, 0.717) is 11.3 Å². The van der Waals surface area contributed by atoms with Crippen molar-refractivity contribution in [2.75, 3.05) is 26.2 Å². The van der Waals surface area contributed by atoms with Crippen molar-refractivity contribution in [1.29, 1.82) is 0 Å². The third-order valence-electron chi connectivity index (χ3n) is 6.42. The number of amides is 2. The summed E-state index contributed by atoms with van der Waals surface area (Å²) in [5.41, 5.74) is 4.86. The lowest BCUT2D eigenvalue weighted by Gasteiger charge is -2.17. The highest BCUT2D eigenvalue weighted by Crippen LogP contribution is 2.51. The minimum Gasteiger partial charge on any atom is -0.454 e. The van der Waals surface area contributed by atoms with E-state index in [1.165, 1.54) is 0 Å². The van der Waals surface area contributed by atoms with Crippen LogP contribution in [0.25, 0.3) is 11.1 Å². The summed E-state index contributed by atoms with van der Waals surface area (Å²) in [7, 11) is 3.49. The predicted octanol–water partition coefficient (Wildman–Crippen LogP) is 4.76. The van der Waals surface area contributed by atoms with E-state index in [4.69, 9.17) is 9.47 Å². The molecule has 0 bridgehead atoms. The molecule has 5 rings (SSSR count). The molecule has 6 heteroatoms. The zero-order valence-corrected chi connectivity index (χ0v) is 19.0. The molecule has 0 spiro atoms. The van der Waals surface area contributed by atoms with Gasteiger partial charge < -0.3 is 19.7 Å². The number of aryl methyl sites for hydroxylation is 1. The Labute approximate surface area is 193 Å². The Kier molecular flexibility index (Phi) is 5.08. The molecule has 3 aromatic carbocycles. The van der Waals surface area contributed by atoms with Crippen LogP contribution in [0.4, 0.5) is 5.69 Å². The van der Waals surface area contributed by atoms with Gasteiger partial charge in [-0.1, -0.05) is 24.3 Å². The molecule has 168 valence electrons. The average molecular weight is 443 g/mol. The van der Waals surface area contributed by atoms with E-state index in [2.05, 4.69) is 5.32 Å². The Balaban J connectivity index is 1.36. The van der Waals surface area contributed by atoms with Crippen LogP contribution < -0.4 is 14.8 Å². The lowest BCUT2D eigenvalue weighted by molar-refractivity contribution is -0.118. The van der Waals surface area contributed by atoms with Gasteiger partial charge in [0.05, 0.1) is 5.41 Å². The number of nitrogens with one attached hydrogen (secondary N) is 1. The van der Waals surface area contributed by atoms with Crippen LogP contribution >= 0.6 is 0 Å². The van der Waals surface area contributed by atoms with E-state index < -0.39 is 5.41 Å². The van der Waals surface area contributed by atoms with Crippen LogP contribution in [0.15, 0.2) is 60.7 Å². The van der Waals surface area contributed by atoms with E-state index >= 15 is 0 Å². The lowest BCUT2D eigenvalue weighted by atomic mass is 9.94. The molecule has 2 aliphatic rings. The summed E-state index contributed by atoms with van der Waals surface area (Å²) in [6.07, 6.45) is 1.62. The number of anilines is 1. The highest BCUT2D eigenvalue weighted by atomic mass is 16.7. The van der Waals surface area contributed by atoms with Gasteiger partial charge in [-0.3, -0.25) is 9.59 Å². The first-order valence-electron chi connectivity index (χ1n) is 11.0. The van der Waals surface area contributed by atoms with Gasteiger partial charge in [-0.15, -0.1) is 0 Å². The Morgan fingerprint density at radius 1 is 0.939 bits per heavy atom. The third-order valence-corrected chi connectivity index (χ3v) is 6.42. The predicted molar refractivity (Wildman–Crippen MR) is 127 cm³/mol. The molecular formula is C27H26N2O4. The van der Waals surface area contributed by atoms with Gasteiger partial charge in [-0.2, -0.15) is 0 Å². The van der Waals surface area contributed by atoms with Crippen LogP contribution in [0.2, 0.25) is 0 Å². The van der Waals surface area contributed by atoms with E-state index in [1.807, 2.05) is 67.6 Å². The van der Waals surface area contributed by atoms with Crippen molar-refractivity contribution in [3.63, 3.8) is 0 Å². The lowest BCUT2D eigenvalue weighted by Crippen LogP contribution is -2.27. The van der Waals surface area contributed by atoms with Gasteiger partial charge in [-0.05, 0) is 78.4 Å². The molecule has 6 nitrogen and oxygen atoms in total. The van der Waals surface area contributed by atoms with Crippen molar-refractivity contribution in [1.82, 2.24) is 4.90 Å². The molecule has 3 aromatic rings. The largest absolute Gasteiger partial charge is 0.454 e. The van der Waals surface area contributed by atoms with Crippen molar-refractivity contribution in [2.24, 2.45) is 0 Å². The summed E-state index contributed by atoms with van der Waals surface area (Å²) in [5, 5.41) is 3.10. The summed E-state index contributed by atoms with van der Waals surface area (Å²) in [6, 6.07) is 19.2. The summed E-state index contributed by atoms with van der Waals surface area (Å²) in [6.45, 7) is 2.23. The number of fused-ring (bicyclic) bond motifs is 1. The second kappa shape index (κ2) is 7.96. The second-order valence-corrected chi connectivity index (χ2v) is 8.91. The van der Waals surface area contributed by atoms with Gasteiger partial charge >= 0.3 is 0 Å². The monoisotopic (exact) mass is 442 g/mol. The van der Waals surface area contributed by atoms with E-state index in [0.717, 1.165) is 46.5 Å². The van der Waals surface area contributed by atoms with E-state index in [-0.39, 0.29) is 18.6 Å². The molecule has 0 aromatic heterocycles. The maximum atomic E-state index is 13.2. The third kappa shape index (κ3) is 3.82. The molecule has 1 aliphatic heterocycles. The Hall–Kier alpha value is -3.80. The van der Waals surface area contributed by atoms with Crippen LogP contribution in [-0.4, -0.2) is 37.6 Å².